The van der Waals surface area contributed by atoms with Crippen LogP contribution in [0.15, 0.2) is 0 Å². The van der Waals surface area contributed by atoms with E-state index in [-0.39, 0.29) is 25.7 Å². The summed E-state index contributed by atoms with van der Waals surface area (Å²) in [6, 6.07) is 0. The van der Waals surface area contributed by atoms with Gasteiger partial charge in [0.1, 0.15) is 19.3 Å². The van der Waals surface area contributed by atoms with Gasteiger partial charge in [0, 0.05) is 25.7 Å². The first-order valence-corrected chi connectivity index (χ1v) is 40.8. The van der Waals surface area contributed by atoms with Crippen LogP contribution >= 0.6 is 15.6 Å². The molecule has 4 unspecified atom stereocenters. The minimum Gasteiger partial charge on any atom is -0.462 e. The molecule has 0 rings (SSSR count). The highest BCUT2D eigenvalue weighted by Gasteiger charge is 2.30. The molecule has 19 heteroatoms. The lowest BCUT2D eigenvalue weighted by molar-refractivity contribution is -0.161. The van der Waals surface area contributed by atoms with Crippen molar-refractivity contribution in [2.24, 2.45) is 23.7 Å². The number of rotatable bonds is 70. The van der Waals surface area contributed by atoms with Gasteiger partial charge in [-0.15, -0.1) is 0 Å². The van der Waals surface area contributed by atoms with Gasteiger partial charge in [0.25, 0.3) is 0 Å². The Morgan fingerprint density at radius 2 is 0.522 bits per heavy atom. The molecule has 0 aromatic carbocycles. The Morgan fingerprint density at radius 3 is 0.772 bits per heavy atom. The summed E-state index contributed by atoms with van der Waals surface area (Å²) >= 11 is 0. The maximum atomic E-state index is 13.1. The van der Waals surface area contributed by atoms with Crippen LogP contribution in [0.25, 0.3) is 0 Å². The van der Waals surface area contributed by atoms with Gasteiger partial charge in [0.2, 0.25) is 0 Å². The topological polar surface area (TPSA) is 237 Å². The number of carbonyl (C=O) groups is 4. The predicted molar refractivity (Wildman–Crippen MR) is 372 cm³/mol. The zero-order chi connectivity index (χ0) is 68.2. The van der Waals surface area contributed by atoms with E-state index in [1.54, 1.807) is 0 Å². The second kappa shape index (κ2) is 62.6. The molecule has 17 nitrogen and oxygen atoms in total. The number of esters is 4. The highest BCUT2D eigenvalue weighted by atomic mass is 31.2. The van der Waals surface area contributed by atoms with Gasteiger partial charge in [-0.2, -0.15) is 0 Å². The lowest BCUT2D eigenvalue weighted by atomic mass is 9.99. The minimum absolute atomic E-state index is 0.104. The first kappa shape index (κ1) is 90.1. The van der Waals surface area contributed by atoms with E-state index in [1.807, 2.05) is 0 Å². The SMILES string of the molecule is CCC(C)CCCCCCCCCCCCC(=O)O[C@H](COC(=O)CCCCCCCCCCCCCCCC(C)C)COP(=O)(O)OC[C@@H](O)COP(=O)(O)OC[C@@H](COC(=O)CCCCCCCCC(C)CC)OC(=O)CCCCCCCCCCCC(C)C. The zero-order valence-corrected chi connectivity index (χ0v) is 62.0. The molecule has 0 amide bonds. The Hall–Kier alpha value is -1.94. The van der Waals surface area contributed by atoms with E-state index in [0.29, 0.717) is 25.7 Å². The molecule has 0 spiro atoms. The zero-order valence-electron chi connectivity index (χ0n) is 60.2. The van der Waals surface area contributed by atoms with Crippen molar-refractivity contribution in [3.8, 4) is 0 Å². The summed E-state index contributed by atoms with van der Waals surface area (Å²) in [5, 5.41) is 10.6. The lowest BCUT2D eigenvalue weighted by Gasteiger charge is -2.21. The van der Waals surface area contributed by atoms with Crippen molar-refractivity contribution < 1.29 is 80.2 Å². The molecule has 0 aliphatic carbocycles. The molecule has 92 heavy (non-hydrogen) atoms. The van der Waals surface area contributed by atoms with Crippen LogP contribution < -0.4 is 0 Å². The van der Waals surface area contributed by atoms with Gasteiger partial charge in [0.05, 0.1) is 26.4 Å². The summed E-state index contributed by atoms with van der Waals surface area (Å²) in [5.41, 5.74) is 0. The number of ether oxygens (including phenoxy) is 4. The van der Waals surface area contributed by atoms with Crippen molar-refractivity contribution in [3.05, 3.63) is 0 Å². The number of hydrogen-bond acceptors (Lipinski definition) is 15. The molecule has 0 bridgehead atoms. The predicted octanol–water partition coefficient (Wildman–Crippen LogP) is 20.9. The van der Waals surface area contributed by atoms with E-state index in [1.165, 1.54) is 161 Å². The molecule has 0 aromatic heterocycles. The minimum atomic E-state index is -4.96. The number of hydrogen-bond donors (Lipinski definition) is 3. The van der Waals surface area contributed by atoms with E-state index in [2.05, 4.69) is 55.4 Å². The molecular formula is C73H142O17P2. The summed E-state index contributed by atoms with van der Waals surface area (Å²) in [6.07, 6.45) is 45.7. The fraction of sp³-hybridized carbons (Fsp3) is 0.945. The lowest BCUT2D eigenvalue weighted by Crippen LogP contribution is -2.30. The summed E-state index contributed by atoms with van der Waals surface area (Å²) in [4.78, 5) is 72.7. The van der Waals surface area contributed by atoms with Crippen molar-refractivity contribution >= 4 is 39.5 Å². The quantitative estimate of drug-likeness (QED) is 0.0222. The van der Waals surface area contributed by atoms with Gasteiger partial charge in [-0.25, -0.2) is 9.13 Å². The van der Waals surface area contributed by atoms with Crippen LogP contribution in [0.3, 0.4) is 0 Å². The summed E-state index contributed by atoms with van der Waals surface area (Å²) in [5.74, 6) is 0.935. The number of unbranched alkanes of at least 4 members (excludes halogenated alkanes) is 34. The van der Waals surface area contributed by atoms with E-state index >= 15 is 0 Å². The van der Waals surface area contributed by atoms with Gasteiger partial charge < -0.3 is 33.8 Å². The van der Waals surface area contributed by atoms with Gasteiger partial charge in [-0.3, -0.25) is 37.3 Å². The molecule has 0 aliphatic rings. The van der Waals surface area contributed by atoms with Crippen molar-refractivity contribution in [1.82, 2.24) is 0 Å². The second-order valence-corrected chi connectivity index (χ2v) is 30.7. The highest BCUT2D eigenvalue weighted by molar-refractivity contribution is 7.47. The van der Waals surface area contributed by atoms with E-state index < -0.39 is 97.5 Å². The van der Waals surface area contributed by atoms with Crippen molar-refractivity contribution in [2.75, 3.05) is 39.6 Å². The third kappa shape index (κ3) is 64.1. The first-order valence-electron chi connectivity index (χ1n) is 37.8. The Balaban J connectivity index is 5.26. The Morgan fingerprint density at radius 1 is 0.304 bits per heavy atom. The van der Waals surface area contributed by atoms with Crippen molar-refractivity contribution in [2.45, 2.75) is 382 Å². The fourth-order valence-corrected chi connectivity index (χ4v) is 12.5. The van der Waals surface area contributed by atoms with Crippen LogP contribution in [0.4, 0.5) is 0 Å². The molecule has 0 heterocycles. The average Bonchev–Trinajstić information content (AvgIpc) is 3.14. The summed E-state index contributed by atoms with van der Waals surface area (Å²) in [7, 11) is -9.91. The van der Waals surface area contributed by atoms with Gasteiger partial charge in [-0.1, -0.05) is 312 Å². The van der Waals surface area contributed by atoms with Gasteiger partial charge >= 0.3 is 39.5 Å². The monoisotopic (exact) mass is 1350 g/mol. The van der Waals surface area contributed by atoms with Crippen LogP contribution in [-0.2, 0) is 65.4 Å². The molecule has 0 saturated heterocycles. The van der Waals surface area contributed by atoms with E-state index in [0.717, 1.165) is 120 Å². The molecule has 0 aliphatic heterocycles. The molecule has 3 N–H and O–H groups in total. The highest BCUT2D eigenvalue weighted by Crippen LogP contribution is 2.45. The Labute approximate surface area is 562 Å². The normalized spacial score (nSPS) is 14.8. The molecular weight excluding hydrogens is 1210 g/mol. The number of phosphoric acid groups is 2. The number of aliphatic hydroxyl groups excluding tert-OH is 1. The largest absolute Gasteiger partial charge is 0.472 e. The maximum Gasteiger partial charge on any atom is 0.472 e. The van der Waals surface area contributed by atoms with Crippen molar-refractivity contribution in [1.29, 1.82) is 0 Å². The van der Waals surface area contributed by atoms with Gasteiger partial charge in [0.15, 0.2) is 12.2 Å². The number of carbonyl (C=O) groups excluding carboxylic acids is 4. The van der Waals surface area contributed by atoms with Crippen LogP contribution in [-0.4, -0.2) is 96.7 Å². The molecule has 0 radical (unpaired) electrons. The first-order chi connectivity index (χ1) is 44.2. The van der Waals surface area contributed by atoms with Crippen LogP contribution in [0.5, 0.6) is 0 Å². The number of aliphatic hydroxyl groups is 1. The van der Waals surface area contributed by atoms with Gasteiger partial charge in [-0.05, 0) is 49.4 Å². The Kier molecular flexibility index (Phi) is 61.3. The summed E-state index contributed by atoms with van der Waals surface area (Å²) < 4.78 is 68.4. The Bertz CT molecular complexity index is 1820. The van der Waals surface area contributed by atoms with Crippen LogP contribution in [0.1, 0.15) is 364 Å². The van der Waals surface area contributed by atoms with Crippen LogP contribution in [0, 0.1) is 23.7 Å². The summed E-state index contributed by atoms with van der Waals surface area (Å²) in [6.45, 7) is 14.2. The van der Waals surface area contributed by atoms with E-state index in [4.69, 9.17) is 37.0 Å². The molecule has 546 valence electrons. The molecule has 7 atom stereocenters. The van der Waals surface area contributed by atoms with Crippen LogP contribution in [0.2, 0.25) is 0 Å². The van der Waals surface area contributed by atoms with Crippen molar-refractivity contribution in [3.63, 3.8) is 0 Å². The second-order valence-electron chi connectivity index (χ2n) is 27.8. The average molecular weight is 1350 g/mol. The number of phosphoric ester groups is 2. The third-order valence-corrected chi connectivity index (χ3v) is 19.4. The molecule has 0 saturated carbocycles. The van der Waals surface area contributed by atoms with E-state index in [9.17, 15) is 43.2 Å². The molecule has 0 aromatic rings. The smallest absolute Gasteiger partial charge is 0.462 e. The fourth-order valence-electron chi connectivity index (χ4n) is 11.0. The standard InChI is InChI=1S/C73H142O17P2/c1-9-65(7)51-43-35-27-21-16-17-23-29-39-47-55-72(77)89-68(59-83-70(75)53-45-37-28-22-15-13-11-12-14-19-25-33-41-49-63(3)4)61-87-91(79,80)85-57-67(74)58-86-92(81,82)88-62-69(60-84-71(76)54-46-38-32-31-36-44-52-66(8)10-2)90-73(78)56-48-40-30-24-18-20-26-34-42-50-64(5)6/h63-69,74H,9-62H2,1-8H3,(H,79,80)(H,81,82)/t65?,66?,67-,68-,69-/m1/s1. The third-order valence-electron chi connectivity index (χ3n) is 17.5. The maximum absolute atomic E-state index is 13.1. The molecule has 0 fully saturated rings.